The summed E-state index contributed by atoms with van der Waals surface area (Å²) in [6.45, 7) is 3.91. The molecule has 0 saturated heterocycles. The second kappa shape index (κ2) is 26.7. The summed E-state index contributed by atoms with van der Waals surface area (Å²) in [7, 11) is 8.40. The van der Waals surface area contributed by atoms with Crippen LogP contribution in [0.15, 0.2) is 255 Å². The van der Waals surface area contributed by atoms with Crippen LogP contribution in [0, 0.1) is 55.2 Å². The number of para-hydroxylation sites is 1. The van der Waals surface area contributed by atoms with Gasteiger partial charge in [0.2, 0.25) is 33.8 Å². The van der Waals surface area contributed by atoms with Crippen LogP contribution < -0.4 is 18.3 Å². The highest BCUT2D eigenvalue weighted by Gasteiger charge is 2.26. The summed E-state index contributed by atoms with van der Waals surface area (Å²) < 4.78 is 82.9. The third kappa shape index (κ3) is 11.9. The Morgan fingerprint density at radius 1 is 0.269 bits per heavy atom. The highest BCUT2D eigenvalue weighted by Crippen LogP contribution is 2.41. The van der Waals surface area contributed by atoms with Gasteiger partial charge in [-0.1, -0.05) is 173 Å². The van der Waals surface area contributed by atoms with Crippen LogP contribution in [0.5, 0.6) is 0 Å². The Morgan fingerprint density at radius 2 is 0.644 bits per heavy atom. The lowest BCUT2D eigenvalue weighted by molar-refractivity contribution is -0.632. The van der Waals surface area contributed by atoms with Gasteiger partial charge in [-0.05, 0) is 202 Å². The van der Waals surface area contributed by atoms with Gasteiger partial charge in [0, 0.05) is 89.8 Å². The van der Waals surface area contributed by atoms with Gasteiger partial charge in [0.25, 0.3) is 9.66 Å². The molecule has 0 aliphatic carbocycles. The first-order valence-corrected chi connectivity index (χ1v) is 38.0. The molecule has 0 aliphatic heterocycles. The molecule has 10 heterocycles. The summed E-state index contributed by atoms with van der Waals surface area (Å²) in [4.78, 5) is 14.4. The fourth-order valence-corrected chi connectivity index (χ4v) is 19.7. The van der Waals surface area contributed by atoms with E-state index in [4.69, 9.17) is 22.3 Å². The maximum Gasteiger partial charge on any atom is 0.270 e. The third-order valence-corrected chi connectivity index (χ3v) is 25.0. The average molecular weight is 1430 g/mol. The van der Waals surface area contributed by atoms with Gasteiger partial charge in [0.15, 0.2) is 0 Å². The summed E-state index contributed by atoms with van der Waals surface area (Å²) in [6.07, 6.45) is 0. The summed E-state index contributed by atoms with van der Waals surface area (Å²) in [6, 6.07) is 87.4. The van der Waals surface area contributed by atoms with Gasteiger partial charge in [-0.25, -0.2) is 9.97 Å². The highest BCUT2D eigenvalue weighted by molar-refractivity contribution is 7.26. The van der Waals surface area contributed by atoms with E-state index < -0.39 is 20.6 Å². The zero-order chi connectivity index (χ0) is 78.8. The molecular weight excluding hydrogens is 1340 g/mol. The Bertz CT molecular complexity index is 7270. The molecule has 0 amide bonds. The maximum atomic E-state index is 7.67. The van der Waals surface area contributed by atoms with Crippen molar-refractivity contribution in [2.75, 3.05) is 0 Å². The van der Waals surface area contributed by atoms with Gasteiger partial charge in [-0.3, -0.25) is 0 Å². The zero-order valence-corrected chi connectivity index (χ0v) is 62.3. The van der Waals surface area contributed by atoms with E-state index >= 15 is 0 Å². The van der Waals surface area contributed by atoms with Gasteiger partial charge >= 0.3 is 0 Å². The maximum absolute atomic E-state index is 7.67. The number of aryl methyl sites for hydroxylation is 12. The molecule has 10 heteroatoms. The van der Waals surface area contributed by atoms with Crippen LogP contribution in [-0.2, 0) is 28.2 Å². The van der Waals surface area contributed by atoms with E-state index in [-0.39, 0.29) is 0 Å². The van der Waals surface area contributed by atoms with E-state index in [2.05, 4.69) is 242 Å². The number of hydrogen-bond acceptors (Lipinski definition) is 6. The molecule has 0 fully saturated rings. The number of pyridine rings is 6. The van der Waals surface area contributed by atoms with Crippen LogP contribution >= 0.6 is 45.3 Å². The van der Waals surface area contributed by atoms with Gasteiger partial charge < -0.3 is 0 Å². The van der Waals surface area contributed by atoms with Crippen LogP contribution in [0.25, 0.3) is 170 Å². The quantitative estimate of drug-likeness (QED) is 0.165. The van der Waals surface area contributed by atoms with Gasteiger partial charge in [0.1, 0.15) is 47.3 Å². The monoisotopic (exact) mass is 1430 g/mol. The third-order valence-electron chi connectivity index (χ3n) is 20.4. The lowest BCUT2D eigenvalue weighted by Crippen LogP contribution is -2.31. The number of aromatic nitrogens is 6. The molecule has 0 atom stereocenters. The van der Waals surface area contributed by atoms with E-state index in [0.29, 0.717) is 16.7 Å². The minimum Gasteiger partial charge on any atom is -0.237 e. The van der Waals surface area contributed by atoms with E-state index in [1.807, 2.05) is 68.5 Å². The molecule has 0 radical (unpaired) electrons. The summed E-state index contributed by atoms with van der Waals surface area (Å²) in [5, 5.41) is 14.9. The van der Waals surface area contributed by atoms with Gasteiger partial charge in [-0.15, -0.1) is 22.7 Å². The van der Waals surface area contributed by atoms with Crippen molar-refractivity contribution in [3.05, 3.63) is 299 Å². The van der Waals surface area contributed by atoms with Crippen LogP contribution in [0.1, 0.15) is 56.8 Å². The second-order valence-electron chi connectivity index (χ2n) is 27.2. The van der Waals surface area contributed by atoms with Crippen molar-refractivity contribution in [1.29, 1.82) is 0 Å². The van der Waals surface area contributed by atoms with Crippen molar-refractivity contribution in [2.24, 2.45) is 28.2 Å². The SMILES string of the molecule is Cc1ccccc1-c1ccc2c3cc4ccccc4cc3sc2[n+]1C.[2H]C([2H])([2H])c1ccc(-c2ccc3c4cc5ccccc5cc4sc3[n+]2C)c(C)c1.[2H]C([2H])([2H])c1ccc(-c2ccc3sc4nc5cc(C)ccc5cc4c3[n+]2C)c(C)c1.[2H]C([2H])([2H])c1ccc(-c2ccc3sc4nc5ccccc5cc4c3[n+]2C)c(C)c1. The minimum atomic E-state index is -2.09. The first kappa shape index (κ1) is 56.5. The molecule has 0 saturated carbocycles. The smallest absolute Gasteiger partial charge is 0.237 e. The lowest BCUT2D eigenvalue weighted by Gasteiger charge is -2.06. The molecule has 10 aromatic carbocycles. The topological polar surface area (TPSA) is 41.3 Å². The molecule has 0 spiro atoms. The highest BCUT2D eigenvalue weighted by atomic mass is 32.1. The molecule has 20 aromatic rings. The van der Waals surface area contributed by atoms with Crippen molar-refractivity contribution in [2.45, 2.75) is 55.2 Å². The molecule has 504 valence electrons. The van der Waals surface area contributed by atoms with E-state index in [9.17, 15) is 0 Å². The van der Waals surface area contributed by atoms with Crippen LogP contribution in [0.4, 0.5) is 0 Å². The van der Waals surface area contributed by atoms with Crippen LogP contribution in [0.2, 0.25) is 0 Å². The number of thiophene rings is 4. The predicted octanol–water partition coefficient (Wildman–Crippen LogP) is 24.1. The first-order chi connectivity index (χ1) is 54.1. The largest absolute Gasteiger partial charge is 0.270 e. The molecule has 6 nitrogen and oxygen atoms in total. The lowest BCUT2D eigenvalue weighted by atomic mass is 10.0. The number of fused-ring (bicyclic) bond motifs is 16. The molecule has 0 N–H and O–H groups in total. The van der Waals surface area contributed by atoms with Crippen molar-refractivity contribution >= 4 is 170 Å². The first-order valence-electron chi connectivity index (χ1n) is 39.2. The van der Waals surface area contributed by atoms with Crippen molar-refractivity contribution in [1.82, 2.24) is 9.97 Å². The second-order valence-corrected chi connectivity index (χ2v) is 31.4. The molecule has 10 aromatic heterocycles. The predicted molar refractivity (Wildman–Crippen MR) is 447 cm³/mol. The Balaban J connectivity index is 0.000000109. The number of nitrogens with zero attached hydrogens (tertiary/aromatic N) is 6. The van der Waals surface area contributed by atoms with Crippen molar-refractivity contribution < 1.29 is 30.6 Å². The van der Waals surface area contributed by atoms with E-state index in [0.717, 1.165) is 104 Å². The Morgan fingerprint density at radius 3 is 1.11 bits per heavy atom. The zero-order valence-electron chi connectivity index (χ0n) is 68.1. The molecular formula is C94H78N6S4+4. The summed E-state index contributed by atoms with van der Waals surface area (Å²) in [5.74, 6) is 0. The van der Waals surface area contributed by atoms with Crippen molar-refractivity contribution in [3.8, 4) is 45.0 Å². The van der Waals surface area contributed by atoms with Gasteiger partial charge in [-0.2, -0.15) is 18.3 Å². The van der Waals surface area contributed by atoms with Gasteiger partial charge in [0.05, 0.1) is 32.6 Å². The Kier molecular flexibility index (Phi) is 14.5. The molecule has 0 unspecified atom stereocenters. The molecule has 0 aliphatic rings. The van der Waals surface area contributed by atoms with E-state index in [1.54, 1.807) is 70.4 Å². The van der Waals surface area contributed by atoms with E-state index in [1.165, 1.54) is 93.9 Å². The summed E-state index contributed by atoms with van der Waals surface area (Å²) in [5.41, 5.74) is 19.8. The van der Waals surface area contributed by atoms with Crippen LogP contribution in [0.3, 0.4) is 0 Å². The fourth-order valence-electron chi connectivity index (χ4n) is 15.1. The number of rotatable bonds is 4. The Hall–Kier alpha value is -11.0. The summed E-state index contributed by atoms with van der Waals surface area (Å²) >= 11 is 7.08. The fraction of sp³-hybridized carbons (Fsp3) is 0.128. The van der Waals surface area contributed by atoms with Crippen molar-refractivity contribution in [3.63, 3.8) is 0 Å². The number of benzene rings is 10. The molecule has 104 heavy (non-hydrogen) atoms. The molecule has 0 bridgehead atoms. The number of hydrogen-bond donors (Lipinski definition) is 0. The normalized spacial score (nSPS) is 13.3. The van der Waals surface area contributed by atoms with Crippen LogP contribution in [-0.4, -0.2) is 9.97 Å². The average Bonchev–Trinajstić information content (AvgIpc) is 1.63. The minimum absolute atomic E-state index is 0.374. The Labute approximate surface area is 634 Å². The molecule has 20 rings (SSSR count). The standard InChI is InChI=1S/C24H21N2S.C24H20NS.C23H19N2S.C23H18NS/c1-14-6-8-18(16(3)11-14)21-9-10-22-23(26(21)4)19-13-17-7-5-15(2)12-20(17)25-24(19)27-22;1-15-8-9-19(16(2)12-15)22-11-10-20-21-13-17-6-4-5-7-18(17)14-23(21)26-24(20)25(22)3;1-14-8-9-17(15(2)12-14)20-10-11-21-22(25(20)3)18-13-16-6-4-5-7-19(16)24-23(18)26-21;1-15-7-3-6-10-18(15)21-12-11-19-20-13-16-8-4-5-9-17(16)14-22(20)25-23(19)24(21)2/h5-13H,1-4H3;4-14H,1-3H3;4-13H,1-3H3;3-14H,1-2H3/q4*+1/i3*1D3;.